The number of fused-ring (bicyclic) bond motifs is 1. The predicted molar refractivity (Wildman–Crippen MR) is 50.8 cm³/mol. The second-order valence-electron chi connectivity index (χ2n) is 2.67. The van der Waals surface area contributed by atoms with E-state index in [1.54, 1.807) is 0 Å². The van der Waals surface area contributed by atoms with E-state index in [1.165, 1.54) is 4.68 Å². The van der Waals surface area contributed by atoms with Crippen molar-refractivity contribution in [2.75, 3.05) is 6.54 Å². The molecule has 0 fully saturated rings. The van der Waals surface area contributed by atoms with E-state index in [2.05, 4.69) is 10.4 Å². The Bertz CT molecular complexity index is 304. The summed E-state index contributed by atoms with van der Waals surface area (Å²) in [5, 5.41) is 6.75. The normalized spacial score (nSPS) is 13.9. The van der Waals surface area contributed by atoms with Crippen LogP contribution in [0.5, 0.6) is 0 Å². The molecule has 2 heterocycles. The van der Waals surface area contributed by atoms with Gasteiger partial charge in [0.25, 0.3) is 0 Å². The highest BCUT2D eigenvalue weighted by molar-refractivity contribution is 5.77. The van der Waals surface area contributed by atoms with Gasteiger partial charge >= 0.3 is 6.03 Å². The van der Waals surface area contributed by atoms with Gasteiger partial charge in [-0.2, -0.15) is 9.78 Å². The molecule has 0 aromatic carbocycles. The van der Waals surface area contributed by atoms with Gasteiger partial charge in [0.1, 0.15) is 0 Å². The van der Waals surface area contributed by atoms with Gasteiger partial charge in [-0.15, -0.1) is 0 Å². The van der Waals surface area contributed by atoms with Gasteiger partial charge in [0.05, 0.1) is 11.4 Å². The van der Waals surface area contributed by atoms with Gasteiger partial charge in [-0.05, 0) is 13.0 Å². The summed E-state index contributed by atoms with van der Waals surface area (Å²) < 4.78 is 1.43. The molecule has 1 aliphatic rings. The molecular formula is C9H15N3O. The smallest absolute Gasteiger partial charge is 0.336 e. The highest BCUT2D eigenvalue weighted by Gasteiger charge is 2.16. The van der Waals surface area contributed by atoms with Crippen molar-refractivity contribution in [2.24, 2.45) is 0 Å². The van der Waals surface area contributed by atoms with E-state index >= 15 is 0 Å². The summed E-state index contributed by atoms with van der Waals surface area (Å²) in [7, 11) is 0. The lowest BCUT2D eigenvalue weighted by molar-refractivity contribution is 0.236. The van der Waals surface area contributed by atoms with Gasteiger partial charge in [-0.3, -0.25) is 0 Å². The van der Waals surface area contributed by atoms with Gasteiger partial charge < -0.3 is 5.32 Å². The number of hydrogen-bond acceptors (Lipinski definition) is 2. The molecule has 4 nitrogen and oxygen atoms in total. The summed E-state index contributed by atoms with van der Waals surface area (Å²) in [5.41, 5.74) is 1.91. The Labute approximate surface area is 77.9 Å². The van der Waals surface area contributed by atoms with E-state index in [1.807, 2.05) is 26.8 Å². The van der Waals surface area contributed by atoms with Gasteiger partial charge in [0, 0.05) is 13.0 Å². The molecule has 1 aliphatic heterocycles. The van der Waals surface area contributed by atoms with Crippen molar-refractivity contribution in [2.45, 2.75) is 27.2 Å². The molecule has 0 unspecified atom stereocenters. The number of amides is 1. The molecule has 1 amide bonds. The van der Waals surface area contributed by atoms with Crippen molar-refractivity contribution in [3.63, 3.8) is 0 Å². The Morgan fingerprint density at radius 3 is 2.85 bits per heavy atom. The van der Waals surface area contributed by atoms with Crippen LogP contribution >= 0.6 is 0 Å². The van der Waals surface area contributed by atoms with Crippen LogP contribution in [0.4, 0.5) is 4.79 Å². The molecule has 0 atom stereocenters. The van der Waals surface area contributed by atoms with Gasteiger partial charge in [0.2, 0.25) is 0 Å². The molecule has 0 spiro atoms. The number of aromatic nitrogens is 2. The van der Waals surface area contributed by atoms with Crippen molar-refractivity contribution in [3.8, 4) is 0 Å². The molecule has 0 bridgehead atoms. The van der Waals surface area contributed by atoms with Crippen LogP contribution in [0.3, 0.4) is 0 Å². The van der Waals surface area contributed by atoms with Crippen LogP contribution in [0.2, 0.25) is 0 Å². The lowest BCUT2D eigenvalue weighted by Gasteiger charge is -2.12. The van der Waals surface area contributed by atoms with E-state index < -0.39 is 0 Å². The topological polar surface area (TPSA) is 46.9 Å². The minimum Gasteiger partial charge on any atom is -0.336 e. The molecule has 0 saturated heterocycles. The number of rotatable bonds is 0. The standard InChI is InChI=1S/C7H9N3O.C2H6/c1-5-4-6-2-3-8-7(11)10(6)9-5;1-2/h4H,2-3H2,1H3,(H,8,11);1-2H3. The maximum absolute atomic E-state index is 11.1. The van der Waals surface area contributed by atoms with Crippen molar-refractivity contribution in [1.82, 2.24) is 15.1 Å². The Balaban J connectivity index is 0.000000396. The first kappa shape index (κ1) is 9.77. The van der Waals surface area contributed by atoms with Crippen LogP contribution in [0.1, 0.15) is 25.2 Å². The number of hydrogen-bond donors (Lipinski definition) is 1. The molecule has 13 heavy (non-hydrogen) atoms. The van der Waals surface area contributed by atoms with E-state index in [0.717, 1.165) is 24.4 Å². The highest BCUT2D eigenvalue weighted by Crippen LogP contribution is 2.06. The third-order valence-corrected chi connectivity index (χ3v) is 1.76. The summed E-state index contributed by atoms with van der Waals surface area (Å²) in [4.78, 5) is 11.1. The molecule has 0 radical (unpaired) electrons. The molecule has 72 valence electrons. The summed E-state index contributed by atoms with van der Waals surface area (Å²) >= 11 is 0. The minimum atomic E-state index is -0.112. The summed E-state index contributed by atoms with van der Waals surface area (Å²) in [6.07, 6.45) is 0.882. The monoisotopic (exact) mass is 181 g/mol. The van der Waals surface area contributed by atoms with Crippen LogP contribution < -0.4 is 5.32 Å². The minimum absolute atomic E-state index is 0.112. The van der Waals surface area contributed by atoms with Gasteiger partial charge in [-0.25, -0.2) is 4.79 Å². The SMILES string of the molecule is CC.Cc1cc2n(n1)C(=O)NCC2. The predicted octanol–water partition coefficient (Wildman–Crippen LogP) is 1.33. The Hall–Kier alpha value is -1.32. The summed E-state index contributed by atoms with van der Waals surface area (Å²) in [5.74, 6) is 0. The molecular weight excluding hydrogens is 166 g/mol. The summed E-state index contributed by atoms with van der Waals surface area (Å²) in [6, 6.07) is 1.83. The van der Waals surface area contributed by atoms with E-state index in [0.29, 0.717) is 0 Å². The van der Waals surface area contributed by atoms with Crippen molar-refractivity contribution in [3.05, 3.63) is 17.5 Å². The van der Waals surface area contributed by atoms with E-state index in [9.17, 15) is 4.79 Å². The first-order valence-corrected chi connectivity index (χ1v) is 4.61. The van der Waals surface area contributed by atoms with Gasteiger partial charge in [-0.1, -0.05) is 13.8 Å². The Kier molecular flexibility index (Phi) is 3.06. The third kappa shape index (κ3) is 1.88. The first-order chi connectivity index (χ1) is 6.27. The number of aryl methyl sites for hydroxylation is 1. The number of nitrogens with zero attached hydrogens (tertiary/aromatic N) is 2. The molecule has 1 N–H and O–H groups in total. The first-order valence-electron chi connectivity index (χ1n) is 4.61. The second kappa shape index (κ2) is 4.07. The zero-order valence-electron chi connectivity index (χ0n) is 8.29. The summed E-state index contributed by atoms with van der Waals surface area (Å²) in [6.45, 7) is 6.61. The Morgan fingerprint density at radius 2 is 2.23 bits per heavy atom. The number of carbonyl (C=O) groups is 1. The van der Waals surface area contributed by atoms with Crippen LogP contribution in [-0.4, -0.2) is 22.4 Å². The molecule has 2 rings (SSSR count). The van der Waals surface area contributed by atoms with Crippen LogP contribution in [-0.2, 0) is 6.42 Å². The van der Waals surface area contributed by atoms with Crippen molar-refractivity contribution >= 4 is 6.03 Å². The average molecular weight is 181 g/mol. The average Bonchev–Trinajstić information content (AvgIpc) is 2.51. The number of carbonyl (C=O) groups excluding carboxylic acids is 1. The fraction of sp³-hybridized carbons (Fsp3) is 0.556. The maximum Gasteiger partial charge on any atom is 0.342 e. The maximum atomic E-state index is 11.1. The zero-order valence-corrected chi connectivity index (χ0v) is 8.29. The quantitative estimate of drug-likeness (QED) is 0.656. The van der Waals surface area contributed by atoms with Crippen molar-refractivity contribution < 1.29 is 4.79 Å². The molecule has 1 aromatic rings. The van der Waals surface area contributed by atoms with Crippen LogP contribution in [0.25, 0.3) is 0 Å². The van der Waals surface area contributed by atoms with Crippen LogP contribution in [0, 0.1) is 6.92 Å². The highest BCUT2D eigenvalue weighted by atomic mass is 16.2. The van der Waals surface area contributed by atoms with E-state index in [4.69, 9.17) is 0 Å². The molecule has 1 aromatic heterocycles. The second-order valence-corrected chi connectivity index (χ2v) is 2.67. The molecule has 4 heteroatoms. The van der Waals surface area contributed by atoms with Gasteiger partial charge in [0.15, 0.2) is 0 Å². The fourth-order valence-electron chi connectivity index (χ4n) is 1.28. The third-order valence-electron chi connectivity index (χ3n) is 1.76. The molecule has 0 aliphatic carbocycles. The van der Waals surface area contributed by atoms with Crippen LogP contribution in [0.15, 0.2) is 6.07 Å². The number of nitrogens with one attached hydrogen (secondary N) is 1. The van der Waals surface area contributed by atoms with E-state index in [-0.39, 0.29) is 6.03 Å². The van der Waals surface area contributed by atoms with Crippen molar-refractivity contribution in [1.29, 1.82) is 0 Å². The Morgan fingerprint density at radius 1 is 1.54 bits per heavy atom. The largest absolute Gasteiger partial charge is 0.342 e. The molecule has 0 saturated carbocycles. The lowest BCUT2D eigenvalue weighted by atomic mass is 10.2. The zero-order chi connectivity index (χ0) is 9.84. The fourth-order valence-corrected chi connectivity index (χ4v) is 1.28. The lowest BCUT2D eigenvalue weighted by Crippen LogP contribution is -2.37.